The third-order valence-electron chi connectivity index (χ3n) is 5.15. The summed E-state index contributed by atoms with van der Waals surface area (Å²) in [6.07, 6.45) is 2.85. The molecule has 0 aliphatic carbocycles. The molecule has 0 bridgehead atoms. The summed E-state index contributed by atoms with van der Waals surface area (Å²) in [5.41, 5.74) is 1.84. The van der Waals surface area contributed by atoms with Gasteiger partial charge in [0, 0.05) is 47.0 Å². The zero-order valence-electron chi connectivity index (χ0n) is 19.1. The van der Waals surface area contributed by atoms with Gasteiger partial charge in [-0.2, -0.15) is 0 Å². The average Bonchev–Trinajstić information content (AvgIpc) is 2.83. The molecule has 34 heavy (non-hydrogen) atoms. The van der Waals surface area contributed by atoms with Crippen molar-refractivity contribution in [3.05, 3.63) is 93.2 Å². The van der Waals surface area contributed by atoms with E-state index in [2.05, 4.69) is 43.4 Å². The van der Waals surface area contributed by atoms with Crippen LogP contribution in [0.4, 0.5) is 20.7 Å². The summed E-state index contributed by atoms with van der Waals surface area (Å²) < 4.78 is 16.7. The van der Waals surface area contributed by atoms with Gasteiger partial charge in [-0.1, -0.05) is 40.7 Å². The van der Waals surface area contributed by atoms with Crippen LogP contribution in [0.1, 0.15) is 19.4 Å². The lowest BCUT2D eigenvalue weighted by atomic mass is 10.1. The Balaban J connectivity index is 1.88. The van der Waals surface area contributed by atoms with Gasteiger partial charge in [-0.15, -0.1) is 0 Å². The van der Waals surface area contributed by atoms with Crippen molar-refractivity contribution in [2.75, 3.05) is 17.7 Å². The predicted molar refractivity (Wildman–Crippen MR) is 140 cm³/mol. The molecular weight excluding hydrogens is 501 g/mol. The van der Waals surface area contributed by atoms with Gasteiger partial charge in [0.15, 0.2) is 0 Å². The Hall–Kier alpha value is -3.72. The number of hydrogen-bond donors (Lipinski definition) is 3. The summed E-state index contributed by atoms with van der Waals surface area (Å²) in [6.45, 7) is 7.64. The number of benzene rings is 1. The van der Waals surface area contributed by atoms with Crippen LogP contribution in [0.3, 0.4) is 0 Å². The number of rotatable bonds is 7. The summed E-state index contributed by atoms with van der Waals surface area (Å²) in [6, 6.07) is 11.7. The largest absolute Gasteiger partial charge is 0.373 e. The van der Waals surface area contributed by atoms with Gasteiger partial charge in [-0.05, 0) is 43.7 Å². The molecule has 3 aromatic rings. The van der Waals surface area contributed by atoms with E-state index >= 15 is 0 Å². The minimum absolute atomic E-state index is 0.203. The number of halogens is 2. The second-order valence-corrected chi connectivity index (χ2v) is 8.23. The fourth-order valence-electron chi connectivity index (χ4n) is 3.31. The number of anilines is 2. The summed E-state index contributed by atoms with van der Waals surface area (Å²) in [4.78, 5) is 29.6. The first kappa shape index (κ1) is 24.9. The van der Waals surface area contributed by atoms with Crippen LogP contribution in [-0.2, 0) is 6.54 Å². The highest BCUT2D eigenvalue weighted by Gasteiger charge is 2.14. The van der Waals surface area contributed by atoms with Crippen molar-refractivity contribution in [3.63, 3.8) is 0 Å². The summed E-state index contributed by atoms with van der Waals surface area (Å²) in [5, 5.41) is 8.71. The molecule has 0 saturated heterocycles. The molecule has 0 fully saturated rings. The topological polar surface area (TPSA) is 88.0 Å². The average molecular weight is 526 g/mol. The molecule has 0 aliphatic rings. The van der Waals surface area contributed by atoms with Gasteiger partial charge in [0.05, 0.1) is 11.2 Å². The molecule has 1 aromatic carbocycles. The molecule has 7 nitrogen and oxygen atoms in total. The highest BCUT2D eigenvalue weighted by molar-refractivity contribution is 9.12. The van der Waals surface area contributed by atoms with Crippen LogP contribution >= 0.6 is 15.9 Å². The van der Waals surface area contributed by atoms with E-state index in [1.165, 1.54) is 6.08 Å². The fraction of sp³-hybridized carbons (Fsp3) is 0.160. The van der Waals surface area contributed by atoms with Gasteiger partial charge in [-0.3, -0.25) is 4.79 Å². The van der Waals surface area contributed by atoms with E-state index in [-0.39, 0.29) is 11.3 Å². The van der Waals surface area contributed by atoms with Crippen LogP contribution in [0, 0.1) is 0 Å². The number of para-hydroxylation sites is 1. The van der Waals surface area contributed by atoms with E-state index in [1.807, 2.05) is 19.1 Å². The van der Waals surface area contributed by atoms with Gasteiger partial charge in [0.25, 0.3) is 5.56 Å². The van der Waals surface area contributed by atoms with E-state index in [1.54, 1.807) is 55.1 Å². The van der Waals surface area contributed by atoms with Crippen molar-refractivity contribution in [1.82, 2.24) is 14.9 Å². The Morgan fingerprint density at radius 2 is 1.97 bits per heavy atom. The van der Waals surface area contributed by atoms with Crippen LogP contribution in [0.15, 0.2) is 82.1 Å². The maximum atomic E-state index is 14.8. The second-order valence-electron chi connectivity index (χ2n) is 7.37. The standard InChI is InChI=1S/C25H25BrFN5O2/c1-5-32-22-13-23(28-4)29-14-17(22)11-19(24(32)33)15(2)20(26)12-21(27)16(3)30-25(34)31-18-9-7-6-8-10-18/h6-14H,3,5H2,1-2,4H3,(H,28,29)(H2,30,31,34)/b20-15-,21-12+. The molecule has 2 amide bonds. The molecule has 0 unspecified atom stereocenters. The van der Waals surface area contributed by atoms with Crippen LogP contribution < -0.4 is 21.5 Å². The Morgan fingerprint density at radius 1 is 1.26 bits per heavy atom. The maximum absolute atomic E-state index is 14.8. The number of pyridine rings is 2. The van der Waals surface area contributed by atoms with Crippen LogP contribution in [-0.4, -0.2) is 22.6 Å². The fourth-order valence-corrected chi connectivity index (χ4v) is 3.72. The number of carbonyl (C=O) groups excluding carboxylic acids is 1. The number of amides is 2. The predicted octanol–water partition coefficient (Wildman–Crippen LogP) is 5.77. The Bertz CT molecular complexity index is 1360. The minimum Gasteiger partial charge on any atom is -0.373 e. The van der Waals surface area contributed by atoms with E-state index in [9.17, 15) is 14.0 Å². The Morgan fingerprint density at radius 3 is 2.62 bits per heavy atom. The van der Waals surface area contributed by atoms with E-state index in [0.29, 0.717) is 33.7 Å². The number of aryl methyl sites for hydroxylation is 1. The van der Waals surface area contributed by atoms with Crippen LogP contribution in [0.5, 0.6) is 0 Å². The number of nitrogens with one attached hydrogen (secondary N) is 3. The molecule has 3 rings (SSSR count). The van der Waals surface area contributed by atoms with Crippen molar-refractivity contribution in [2.24, 2.45) is 0 Å². The van der Waals surface area contributed by atoms with Crippen LogP contribution in [0.25, 0.3) is 16.5 Å². The smallest absolute Gasteiger partial charge is 0.323 e. The SMILES string of the molecule is C=C(NC(=O)Nc1ccccc1)/C(F)=C\C(Br)=C(/C)c1cc2cnc(NC)cc2n(CC)c1=O. The lowest BCUT2D eigenvalue weighted by Gasteiger charge is -2.13. The quantitative estimate of drug-likeness (QED) is 0.341. The zero-order valence-corrected chi connectivity index (χ0v) is 20.7. The number of aromatic nitrogens is 2. The highest BCUT2D eigenvalue weighted by atomic mass is 79.9. The third kappa shape index (κ3) is 5.60. The van der Waals surface area contributed by atoms with E-state index < -0.39 is 11.9 Å². The number of hydrogen-bond acceptors (Lipinski definition) is 4. The molecule has 2 aromatic heterocycles. The Kier molecular flexibility index (Phi) is 8.01. The third-order valence-corrected chi connectivity index (χ3v) is 5.97. The lowest BCUT2D eigenvalue weighted by molar-refractivity contribution is 0.254. The number of urea groups is 1. The first-order valence-electron chi connectivity index (χ1n) is 10.5. The molecule has 3 N–H and O–H groups in total. The molecule has 0 radical (unpaired) electrons. The number of fused-ring (bicyclic) bond motifs is 1. The molecule has 0 spiro atoms. The van der Waals surface area contributed by atoms with Gasteiger partial charge in [0.2, 0.25) is 0 Å². The first-order chi connectivity index (χ1) is 16.2. The molecule has 0 saturated carbocycles. The number of nitrogens with zero attached hydrogens (tertiary/aromatic N) is 2. The highest BCUT2D eigenvalue weighted by Crippen LogP contribution is 2.26. The monoisotopic (exact) mass is 525 g/mol. The summed E-state index contributed by atoms with van der Waals surface area (Å²) >= 11 is 3.36. The summed E-state index contributed by atoms with van der Waals surface area (Å²) in [5.74, 6) is -0.103. The van der Waals surface area contributed by atoms with Gasteiger partial charge in [-0.25, -0.2) is 14.2 Å². The van der Waals surface area contributed by atoms with Crippen molar-refractivity contribution >= 4 is 49.9 Å². The first-order valence-corrected chi connectivity index (χ1v) is 11.3. The maximum Gasteiger partial charge on any atom is 0.323 e. The second kappa shape index (κ2) is 10.9. The van der Waals surface area contributed by atoms with Crippen LogP contribution in [0.2, 0.25) is 0 Å². The molecule has 0 atom stereocenters. The normalized spacial score (nSPS) is 12.2. The molecule has 0 aliphatic heterocycles. The lowest BCUT2D eigenvalue weighted by Crippen LogP contribution is -2.27. The van der Waals surface area contributed by atoms with Crippen molar-refractivity contribution < 1.29 is 9.18 Å². The van der Waals surface area contributed by atoms with Crippen molar-refractivity contribution in [1.29, 1.82) is 0 Å². The Labute approximate surface area is 205 Å². The number of allylic oxidation sites excluding steroid dienone is 4. The number of carbonyl (C=O) groups is 1. The van der Waals surface area contributed by atoms with Crippen molar-refractivity contribution in [3.8, 4) is 0 Å². The summed E-state index contributed by atoms with van der Waals surface area (Å²) in [7, 11) is 1.76. The van der Waals surface area contributed by atoms with E-state index in [0.717, 1.165) is 10.9 Å². The van der Waals surface area contributed by atoms with Gasteiger partial charge < -0.3 is 20.5 Å². The molecule has 2 heterocycles. The molecule has 9 heteroatoms. The molecular formula is C25H25BrFN5O2. The van der Waals surface area contributed by atoms with Gasteiger partial charge in [0.1, 0.15) is 11.6 Å². The zero-order chi connectivity index (χ0) is 24.8. The minimum atomic E-state index is -0.758. The van der Waals surface area contributed by atoms with Gasteiger partial charge >= 0.3 is 6.03 Å². The molecule has 176 valence electrons. The van der Waals surface area contributed by atoms with E-state index in [4.69, 9.17) is 0 Å². The van der Waals surface area contributed by atoms with Crippen molar-refractivity contribution in [2.45, 2.75) is 20.4 Å².